The monoisotopic (exact) mass is 454 g/mol. The van der Waals surface area contributed by atoms with Crippen LogP contribution >= 0.6 is 0 Å². The normalized spacial score (nSPS) is 12.7. The summed E-state index contributed by atoms with van der Waals surface area (Å²) in [6, 6.07) is 10.2. The fraction of sp³-hybridized carbons (Fsp3) is 0.375. The van der Waals surface area contributed by atoms with Crippen LogP contribution in [0.2, 0.25) is 0 Å². The van der Waals surface area contributed by atoms with Crippen LogP contribution in [0.15, 0.2) is 40.9 Å². The summed E-state index contributed by atoms with van der Waals surface area (Å²) in [5, 5.41) is 6.86. The summed E-state index contributed by atoms with van der Waals surface area (Å²) >= 11 is 0. The first-order chi connectivity index (χ1) is 16.0. The van der Waals surface area contributed by atoms with Gasteiger partial charge in [-0.2, -0.15) is 4.98 Å². The van der Waals surface area contributed by atoms with Crippen molar-refractivity contribution >= 4 is 11.6 Å². The molecular weight excluding hydrogens is 427 g/mol. The minimum absolute atomic E-state index is 0.102. The predicted octanol–water partition coefficient (Wildman–Crippen LogP) is 3.85. The molecule has 1 N–H and O–H groups in total. The number of carbonyl (C=O) groups is 1. The van der Waals surface area contributed by atoms with Crippen molar-refractivity contribution in [2.24, 2.45) is 0 Å². The number of ether oxygens (including phenoxy) is 2. The molecule has 2 heterocycles. The van der Waals surface area contributed by atoms with Crippen LogP contribution in [0.1, 0.15) is 24.8 Å². The number of nitrogens with one attached hydrogen (secondary N) is 1. The smallest absolute Gasteiger partial charge is 0.238 e. The van der Waals surface area contributed by atoms with E-state index in [0.29, 0.717) is 66.2 Å². The van der Waals surface area contributed by atoms with Crippen molar-refractivity contribution in [2.75, 3.05) is 38.2 Å². The number of nitrogens with zero attached hydrogens (tertiary/aromatic N) is 3. The molecule has 1 aromatic heterocycles. The fourth-order valence-corrected chi connectivity index (χ4v) is 3.53. The molecule has 0 fully saturated rings. The van der Waals surface area contributed by atoms with Gasteiger partial charge in [0, 0.05) is 23.7 Å². The zero-order valence-electron chi connectivity index (χ0n) is 18.8. The van der Waals surface area contributed by atoms with Gasteiger partial charge in [0.05, 0.1) is 6.54 Å². The van der Waals surface area contributed by atoms with Gasteiger partial charge in [0.15, 0.2) is 11.5 Å². The Morgan fingerprint density at radius 3 is 2.76 bits per heavy atom. The van der Waals surface area contributed by atoms with Gasteiger partial charge in [-0.05, 0) is 50.2 Å². The standard InChI is InChI=1S/C24H27FN4O4/c1-3-29(15-22(30)26-18-8-9-20-21(14-18)32-12-11-31-20)10-4-5-23-27-24(28-33-23)17-7-6-16(2)19(25)13-17/h6-9,13-14H,3-5,10-12,15H2,1-2H3,(H,26,30). The molecule has 2 aromatic carbocycles. The number of benzene rings is 2. The molecule has 1 aliphatic rings. The first-order valence-corrected chi connectivity index (χ1v) is 11.0. The molecule has 8 nitrogen and oxygen atoms in total. The van der Waals surface area contributed by atoms with Gasteiger partial charge in [-0.25, -0.2) is 4.39 Å². The van der Waals surface area contributed by atoms with E-state index in [-0.39, 0.29) is 18.3 Å². The number of amides is 1. The summed E-state index contributed by atoms with van der Waals surface area (Å²) in [7, 11) is 0. The molecule has 4 rings (SSSR count). The maximum atomic E-state index is 13.8. The van der Waals surface area contributed by atoms with Gasteiger partial charge in [-0.1, -0.05) is 24.2 Å². The van der Waals surface area contributed by atoms with Crippen LogP contribution in [-0.2, 0) is 11.2 Å². The lowest BCUT2D eigenvalue weighted by Crippen LogP contribution is -2.34. The Labute approximate surface area is 191 Å². The molecular formula is C24H27FN4O4. The highest BCUT2D eigenvalue weighted by Gasteiger charge is 2.15. The number of likely N-dealkylation sites (N-methyl/N-ethyl adjacent to an activating group) is 1. The average molecular weight is 455 g/mol. The first kappa shape index (κ1) is 22.7. The second-order valence-corrected chi connectivity index (χ2v) is 7.85. The molecule has 0 aliphatic carbocycles. The Bertz CT molecular complexity index is 1120. The number of fused-ring (bicyclic) bond motifs is 1. The quantitative estimate of drug-likeness (QED) is 0.525. The van der Waals surface area contributed by atoms with Gasteiger partial charge in [0.1, 0.15) is 19.0 Å². The van der Waals surface area contributed by atoms with Crippen LogP contribution in [0.4, 0.5) is 10.1 Å². The van der Waals surface area contributed by atoms with Crippen LogP contribution < -0.4 is 14.8 Å². The number of hydrogen-bond acceptors (Lipinski definition) is 7. The van der Waals surface area contributed by atoms with Crippen molar-refractivity contribution in [1.82, 2.24) is 15.0 Å². The lowest BCUT2D eigenvalue weighted by molar-refractivity contribution is -0.117. The molecule has 0 saturated carbocycles. The molecule has 0 bridgehead atoms. The third-order valence-electron chi connectivity index (χ3n) is 5.40. The summed E-state index contributed by atoms with van der Waals surface area (Å²) in [6.07, 6.45) is 1.32. The van der Waals surface area contributed by atoms with Crippen LogP contribution in [0.3, 0.4) is 0 Å². The predicted molar refractivity (Wildman–Crippen MR) is 121 cm³/mol. The van der Waals surface area contributed by atoms with E-state index < -0.39 is 0 Å². The molecule has 0 saturated heterocycles. The van der Waals surface area contributed by atoms with Crippen LogP contribution in [0.5, 0.6) is 11.5 Å². The van der Waals surface area contributed by atoms with Gasteiger partial charge < -0.3 is 19.3 Å². The second kappa shape index (κ2) is 10.4. The third kappa shape index (κ3) is 5.87. The SMILES string of the molecule is CCN(CCCc1nc(-c2ccc(C)c(F)c2)no1)CC(=O)Nc1ccc2c(c1)OCCO2. The molecule has 0 unspecified atom stereocenters. The Hall–Kier alpha value is -3.46. The number of aryl methyl sites for hydroxylation is 2. The maximum absolute atomic E-state index is 13.8. The van der Waals surface area contributed by atoms with Crippen molar-refractivity contribution in [2.45, 2.75) is 26.7 Å². The van der Waals surface area contributed by atoms with Gasteiger partial charge in [-0.15, -0.1) is 0 Å². The molecule has 0 atom stereocenters. The van der Waals surface area contributed by atoms with E-state index >= 15 is 0 Å². The lowest BCUT2D eigenvalue weighted by atomic mass is 10.1. The lowest BCUT2D eigenvalue weighted by Gasteiger charge is -2.21. The fourth-order valence-electron chi connectivity index (χ4n) is 3.53. The van der Waals surface area contributed by atoms with E-state index in [9.17, 15) is 9.18 Å². The summed E-state index contributed by atoms with van der Waals surface area (Å²) in [5.41, 5.74) is 1.82. The molecule has 1 aliphatic heterocycles. The summed E-state index contributed by atoms with van der Waals surface area (Å²) in [5.74, 6) is 1.78. The van der Waals surface area contributed by atoms with Crippen molar-refractivity contribution in [3.05, 3.63) is 53.7 Å². The summed E-state index contributed by atoms with van der Waals surface area (Å²) in [6.45, 7) is 6.43. The maximum Gasteiger partial charge on any atom is 0.238 e. The number of anilines is 1. The van der Waals surface area contributed by atoms with E-state index in [1.165, 1.54) is 6.07 Å². The highest BCUT2D eigenvalue weighted by atomic mass is 19.1. The Morgan fingerprint density at radius 2 is 1.97 bits per heavy atom. The minimum Gasteiger partial charge on any atom is -0.486 e. The van der Waals surface area contributed by atoms with E-state index in [0.717, 1.165) is 13.0 Å². The highest BCUT2D eigenvalue weighted by molar-refractivity contribution is 5.92. The van der Waals surface area contributed by atoms with E-state index in [1.54, 1.807) is 37.3 Å². The molecule has 0 spiro atoms. The molecule has 9 heteroatoms. The Kier molecular flexibility index (Phi) is 7.19. The Balaban J connectivity index is 1.25. The van der Waals surface area contributed by atoms with Crippen molar-refractivity contribution in [3.8, 4) is 22.9 Å². The van der Waals surface area contributed by atoms with E-state index in [2.05, 4.69) is 15.5 Å². The summed E-state index contributed by atoms with van der Waals surface area (Å²) in [4.78, 5) is 18.9. The number of hydrogen-bond donors (Lipinski definition) is 1. The zero-order valence-corrected chi connectivity index (χ0v) is 18.8. The topological polar surface area (TPSA) is 89.7 Å². The number of rotatable bonds is 9. The van der Waals surface area contributed by atoms with E-state index in [1.807, 2.05) is 11.8 Å². The molecule has 33 heavy (non-hydrogen) atoms. The minimum atomic E-state index is -0.299. The largest absolute Gasteiger partial charge is 0.486 e. The van der Waals surface area contributed by atoms with Crippen LogP contribution in [0.25, 0.3) is 11.4 Å². The van der Waals surface area contributed by atoms with Crippen molar-refractivity contribution in [1.29, 1.82) is 0 Å². The number of halogens is 1. The van der Waals surface area contributed by atoms with Crippen LogP contribution in [0, 0.1) is 12.7 Å². The highest BCUT2D eigenvalue weighted by Crippen LogP contribution is 2.32. The van der Waals surface area contributed by atoms with Gasteiger partial charge >= 0.3 is 0 Å². The molecule has 0 radical (unpaired) electrons. The van der Waals surface area contributed by atoms with Crippen LogP contribution in [-0.4, -0.2) is 53.8 Å². The zero-order chi connectivity index (χ0) is 23.2. The van der Waals surface area contributed by atoms with Crippen molar-refractivity contribution in [3.63, 3.8) is 0 Å². The summed E-state index contributed by atoms with van der Waals surface area (Å²) < 4.78 is 30.2. The number of aromatic nitrogens is 2. The first-order valence-electron chi connectivity index (χ1n) is 11.0. The average Bonchev–Trinajstić information content (AvgIpc) is 3.29. The molecule has 1 amide bonds. The number of carbonyl (C=O) groups excluding carboxylic acids is 1. The van der Waals surface area contributed by atoms with Gasteiger partial charge in [-0.3, -0.25) is 9.69 Å². The van der Waals surface area contributed by atoms with E-state index in [4.69, 9.17) is 14.0 Å². The molecule has 174 valence electrons. The van der Waals surface area contributed by atoms with Gasteiger partial charge in [0.2, 0.25) is 17.6 Å². The van der Waals surface area contributed by atoms with Crippen molar-refractivity contribution < 1.29 is 23.2 Å². The Morgan fingerprint density at radius 1 is 1.15 bits per heavy atom. The second-order valence-electron chi connectivity index (χ2n) is 7.85. The molecule has 3 aromatic rings. The van der Waals surface area contributed by atoms with Gasteiger partial charge in [0.25, 0.3) is 0 Å². The third-order valence-corrected chi connectivity index (χ3v) is 5.40.